The number of nitrogens with zero attached hydrogens (tertiary/aromatic N) is 4. The molecule has 0 aliphatic carbocycles. The van der Waals surface area contributed by atoms with Gasteiger partial charge in [0.1, 0.15) is 5.75 Å². The van der Waals surface area contributed by atoms with Crippen molar-refractivity contribution < 1.29 is 28.8 Å². The van der Waals surface area contributed by atoms with Crippen LogP contribution in [0.4, 0.5) is 5.69 Å². The summed E-state index contributed by atoms with van der Waals surface area (Å²) >= 11 is 0. The number of methoxy groups -OCH3 is 2. The third kappa shape index (κ3) is 6.90. The van der Waals surface area contributed by atoms with E-state index in [1.54, 1.807) is 74.9 Å². The van der Waals surface area contributed by atoms with Gasteiger partial charge < -0.3 is 24.1 Å². The van der Waals surface area contributed by atoms with Crippen LogP contribution in [0.2, 0.25) is 0 Å². The number of hydrazine groups is 1. The summed E-state index contributed by atoms with van der Waals surface area (Å²) in [5.74, 6) is 1.48. The number of aliphatic hydroxyl groups is 1. The zero-order chi connectivity index (χ0) is 30.7. The number of carbonyl (C=O) groups is 1. The maximum absolute atomic E-state index is 14.0. The van der Waals surface area contributed by atoms with Crippen molar-refractivity contribution in [3.05, 3.63) is 107 Å². The predicted octanol–water partition coefficient (Wildman–Crippen LogP) is 5.06. The van der Waals surface area contributed by atoms with E-state index in [1.807, 2.05) is 12.1 Å². The van der Waals surface area contributed by atoms with Gasteiger partial charge in [0, 0.05) is 53.3 Å². The first-order valence-corrected chi connectivity index (χ1v) is 13.6. The second-order valence-electron chi connectivity index (χ2n) is 9.49. The molecule has 3 aromatic carbocycles. The summed E-state index contributed by atoms with van der Waals surface area (Å²) in [6.07, 6.45) is 1.28. The van der Waals surface area contributed by atoms with E-state index in [1.165, 1.54) is 0 Å². The Hall–Kier alpha value is -5.03. The van der Waals surface area contributed by atoms with Gasteiger partial charge in [-0.2, -0.15) is 0 Å². The van der Waals surface area contributed by atoms with Crippen molar-refractivity contribution in [1.82, 2.24) is 10.9 Å². The first-order chi connectivity index (χ1) is 21.0. The lowest BCUT2D eigenvalue weighted by Crippen LogP contribution is -2.52. The van der Waals surface area contributed by atoms with Crippen LogP contribution >= 0.6 is 0 Å². The van der Waals surface area contributed by atoms with Crippen LogP contribution in [0, 0.1) is 0 Å². The van der Waals surface area contributed by atoms with Gasteiger partial charge in [-0.3, -0.25) is 10.2 Å². The molecule has 0 aromatic heterocycles. The molecule has 0 unspecified atom stereocenters. The fraction of sp³-hybridized carbons (Fsp3) is 0.290. The Morgan fingerprint density at radius 2 is 1.95 bits per heavy atom. The van der Waals surface area contributed by atoms with Crippen LogP contribution in [0.25, 0.3) is 10.4 Å². The number of hydrogen-bond acceptors (Lipinski definition) is 9. The summed E-state index contributed by atoms with van der Waals surface area (Å²) in [6.45, 7) is 4.53. The van der Waals surface area contributed by atoms with Crippen LogP contribution < -0.4 is 25.1 Å². The predicted molar refractivity (Wildman–Crippen MR) is 161 cm³/mol. The molecule has 0 saturated carbocycles. The maximum Gasteiger partial charge on any atom is 0.266 e. The van der Waals surface area contributed by atoms with E-state index in [0.717, 1.165) is 5.56 Å². The monoisotopic (exact) mass is 586 g/mol. The number of aliphatic hydroxyl groups excluding tert-OH is 1. The molecule has 1 heterocycles. The number of benzene rings is 3. The molecule has 12 nitrogen and oxygen atoms in total. The van der Waals surface area contributed by atoms with Crippen LogP contribution in [0.5, 0.6) is 17.2 Å². The van der Waals surface area contributed by atoms with Gasteiger partial charge in [0.2, 0.25) is 5.90 Å². The summed E-state index contributed by atoms with van der Waals surface area (Å²) in [7, 11) is 3.10. The number of carbonyl (C=O) groups excluding carboxylic acids is 1. The molecule has 224 valence electrons. The van der Waals surface area contributed by atoms with Crippen molar-refractivity contribution in [2.75, 3.05) is 27.4 Å². The number of rotatable bonds is 15. The second kappa shape index (κ2) is 14.7. The molecule has 2 atom stereocenters. The highest BCUT2D eigenvalue weighted by Gasteiger charge is 2.53. The fourth-order valence-corrected chi connectivity index (χ4v) is 4.78. The van der Waals surface area contributed by atoms with Crippen molar-refractivity contribution in [2.45, 2.75) is 31.0 Å². The van der Waals surface area contributed by atoms with E-state index in [2.05, 4.69) is 27.5 Å². The standard InChI is InChI=1S/C31H34N6O6/c1-4-17-31(30(39)36-33-20-22-9-7-12-26(40-2)27(22)41-3)28(24-10-5-6-11-25(24)35-37-32)43-29(34-31)21-13-15-23(16-14-21)42-19-8-18-38/h4-7,9-16,28,33,38H,1,8,17-20H2,2-3H3,(H,36,39)/t28-,31-/m0/s1. The lowest BCUT2D eigenvalue weighted by atomic mass is 9.84. The van der Waals surface area contributed by atoms with Gasteiger partial charge >= 0.3 is 0 Å². The van der Waals surface area contributed by atoms with Gasteiger partial charge in [-0.15, -0.1) is 6.58 Å². The maximum atomic E-state index is 14.0. The second-order valence-corrected chi connectivity index (χ2v) is 9.49. The summed E-state index contributed by atoms with van der Waals surface area (Å²) in [5, 5.41) is 12.8. The normalized spacial score (nSPS) is 17.2. The quantitative estimate of drug-likeness (QED) is 0.0560. The van der Waals surface area contributed by atoms with Crippen molar-refractivity contribution in [3.8, 4) is 17.2 Å². The number of ether oxygens (including phenoxy) is 4. The van der Waals surface area contributed by atoms with Gasteiger partial charge in [-0.05, 0) is 35.9 Å². The number of azide groups is 1. The van der Waals surface area contributed by atoms with E-state index >= 15 is 0 Å². The van der Waals surface area contributed by atoms with E-state index < -0.39 is 17.6 Å². The van der Waals surface area contributed by atoms with Crippen molar-refractivity contribution in [3.63, 3.8) is 0 Å². The molecule has 12 heteroatoms. The molecular formula is C31H34N6O6. The zero-order valence-electron chi connectivity index (χ0n) is 24.0. The Labute approximate surface area is 249 Å². The van der Waals surface area contributed by atoms with Crippen LogP contribution in [-0.4, -0.2) is 49.9 Å². The minimum absolute atomic E-state index is 0.0385. The molecule has 1 amide bonds. The third-order valence-electron chi connectivity index (χ3n) is 6.82. The number of para-hydroxylation sites is 1. The fourth-order valence-electron chi connectivity index (χ4n) is 4.78. The molecular weight excluding hydrogens is 552 g/mol. The Morgan fingerprint density at radius 3 is 2.65 bits per heavy atom. The van der Waals surface area contributed by atoms with Crippen LogP contribution in [0.15, 0.2) is 89.5 Å². The molecule has 1 aliphatic heterocycles. The molecule has 1 aliphatic rings. The zero-order valence-corrected chi connectivity index (χ0v) is 24.0. The lowest BCUT2D eigenvalue weighted by Gasteiger charge is -2.30. The van der Waals surface area contributed by atoms with Gasteiger partial charge in [0.25, 0.3) is 5.91 Å². The van der Waals surface area contributed by atoms with E-state index in [0.29, 0.717) is 47.1 Å². The summed E-state index contributed by atoms with van der Waals surface area (Å²) in [6, 6.07) is 19.4. The highest BCUT2D eigenvalue weighted by Crippen LogP contribution is 2.45. The Balaban J connectivity index is 1.68. The topological polar surface area (TPSA) is 159 Å². The van der Waals surface area contributed by atoms with Crippen LogP contribution in [0.3, 0.4) is 0 Å². The highest BCUT2D eigenvalue weighted by atomic mass is 16.5. The van der Waals surface area contributed by atoms with Crippen molar-refractivity contribution >= 4 is 17.5 Å². The van der Waals surface area contributed by atoms with Crippen molar-refractivity contribution in [2.24, 2.45) is 10.1 Å². The number of nitrogens with one attached hydrogen (secondary N) is 2. The van der Waals surface area contributed by atoms with E-state index in [-0.39, 0.29) is 25.5 Å². The molecule has 0 bridgehead atoms. The molecule has 0 spiro atoms. The van der Waals surface area contributed by atoms with E-state index in [9.17, 15) is 10.3 Å². The minimum Gasteiger partial charge on any atom is -0.494 e. The summed E-state index contributed by atoms with van der Waals surface area (Å²) < 4.78 is 22.9. The van der Waals surface area contributed by atoms with Crippen molar-refractivity contribution in [1.29, 1.82) is 0 Å². The molecule has 3 N–H and O–H groups in total. The minimum atomic E-state index is -1.50. The van der Waals surface area contributed by atoms with Gasteiger partial charge in [0.05, 0.1) is 20.8 Å². The molecule has 0 saturated heterocycles. The lowest BCUT2D eigenvalue weighted by molar-refractivity contribution is -0.129. The molecule has 0 radical (unpaired) electrons. The molecule has 3 aromatic rings. The highest BCUT2D eigenvalue weighted by molar-refractivity contribution is 6.01. The van der Waals surface area contributed by atoms with Gasteiger partial charge in [0.15, 0.2) is 23.1 Å². The average molecular weight is 587 g/mol. The molecule has 43 heavy (non-hydrogen) atoms. The van der Waals surface area contributed by atoms with Gasteiger partial charge in [-0.1, -0.05) is 47.6 Å². The number of amides is 1. The Kier molecular flexibility index (Phi) is 10.6. The number of hydrogen-bond donors (Lipinski definition) is 3. The Morgan fingerprint density at radius 1 is 1.16 bits per heavy atom. The molecule has 4 rings (SSSR count). The Bertz CT molecular complexity index is 1500. The largest absolute Gasteiger partial charge is 0.494 e. The van der Waals surface area contributed by atoms with Gasteiger partial charge in [-0.25, -0.2) is 10.4 Å². The van der Waals surface area contributed by atoms with Crippen LogP contribution in [0.1, 0.15) is 35.6 Å². The van der Waals surface area contributed by atoms with Crippen LogP contribution in [-0.2, 0) is 16.1 Å². The molecule has 0 fully saturated rings. The summed E-state index contributed by atoms with van der Waals surface area (Å²) in [4.78, 5) is 21.9. The number of aliphatic imine (C=N–C) groups is 1. The average Bonchev–Trinajstić information content (AvgIpc) is 3.42. The van der Waals surface area contributed by atoms with E-state index in [4.69, 9.17) is 29.0 Å². The first-order valence-electron chi connectivity index (χ1n) is 13.6. The smallest absolute Gasteiger partial charge is 0.266 e. The SMILES string of the molecule is C=CC[C@]1(C(=O)NNCc2cccc(OC)c2OC)N=C(c2ccc(OCCCO)cc2)O[C@H]1c1ccccc1N=[N+]=[N-]. The third-order valence-corrected chi connectivity index (χ3v) is 6.82. The first kappa shape index (κ1) is 30.9. The summed E-state index contributed by atoms with van der Waals surface area (Å²) in [5.41, 5.74) is 15.7.